The molecule has 0 fully saturated rings. The van der Waals surface area contributed by atoms with Crippen molar-refractivity contribution in [2.45, 2.75) is 20.0 Å². The molecular formula is C22H20N4O2. The number of ketones is 1. The van der Waals surface area contributed by atoms with Crippen LogP contribution in [-0.2, 0) is 4.79 Å². The third-order valence-electron chi connectivity index (χ3n) is 4.67. The van der Waals surface area contributed by atoms with Crippen LogP contribution in [0.15, 0.2) is 77.9 Å². The molecule has 1 amide bonds. The number of carbonyl (C=O) groups is 2. The number of benzene rings is 3. The summed E-state index contributed by atoms with van der Waals surface area (Å²) in [4.78, 5) is 25.0. The average Bonchev–Trinajstić information content (AvgIpc) is 3.03. The molecule has 0 saturated carbocycles. The van der Waals surface area contributed by atoms with Crippen LogP contribution in [0.25, 0.3) is 10.8 Å². The summed E-state index contributed by atoms with van der Waals surface area (Å²) in [5.41, 5.74) is 4.09. The highest BCUT2D eigenvalue weighted by molar-refractivity contribution is 6.45. The van der Waals surface area contributed by atoms with Crippen LogP contribution >= 0.6 is 0 Å². The molecular weight excluding hydrogens is 352 g/mol. The molecule has 0 spiro atoms. The van der Waals surface area contributed by atoms with Crippen molar-refractivity contribution in [3.05, 3.63) is 78.4 Å². The molecule has 1 unspecified atom stereocenters. The fourth-order valence-electron chi connectivity index (χ4n) is 3.30. The quantitative estimate of drug-likeness (QED) is 0.712. The molecule has 1 aliphatic heterocycles. The number of carbonyl (C=O) groups excluding carboxylic acids is 2. The van der Waals surface area contributed by atoms with E-state index in [9.17, 15) is 9.59 Å². The number of fused-ring (bicyclic) bond motifs is 1. The second-order valence-corrected chi connectivity index (χ2v) is 6.66. The summed E-state index contributed by atoms with van der Waals surface area (Å²) in [6.07, 6.45) is -0.342. The predicted molar refractivity (Wildman–Crippen MR) is 110 cm³/mol. The zero-order valence-electron chi connectivity index (χ0n) is 15.7. The van der Waals surface area contributed by atoms with E-state index in [4.69, 9.17) is 0 Å². The molecule has 4 rings (SSSR count). The van der Waals surface area contributed by atoms with Crippen molar-refractivity contribution in [2.24, 2.45) is 5.10 Å². The summed E-state index contributed by atoms with van der Waals surface area (Å²) >= 11 is 0. The van der Waals surface area contributed by atoms with Crippen LogP contribution in [0.1, 0.15) is 24.2 Å². The predicted octanol–water partition coefficient (Wildman–Crippen LogP) is 3.56. The van der Waals surface area contributed by atoms with Gasteiger partial charge in [0, 0.05) is 12.5 Å². The van der Waals surface area contributed by atoms with Gasteiger partial charge in [-0.2, -0.15) is 0 Å². The largest absolute Gasteiger partial charge is 0.285 e. The smallest absolute Gasteiger partial charge is 0.235 e. The topological polar surface area (TPSA) is 65.0 Å². The molecule has 0 saturated heterocycles. The van der Waals surface area contributed by atoms with Crippen LogP contribution < -0.4 is 10.4 Å². The van der Waals surface area contributed by atoms with Crippen molar-refractivity contribution in [1.29, 1.82) is 0 Å². The van der Waals surface area contributed by atoms with E-state index in [1.54, 1.807) is 11.1 Å². The van der Waals surface area contributed by atoms with Gasteiger partial charge in [0.15, 0.2) is 0 Å². The monoisotopic (exact) mass is 372 g/mol. The lowest BCUT2D eigenvalue weighted by molar-refractivity contribution is -0.122. The lowest BCUT2D eigenvalue weighted by Crippen LogP contribution is -2.52. The van der Waals surface area contributed by atoms with Gasteiger partial charge in [-0.05, 0) is 35.9 Å². The van der Waals surface area contributed by atoms with Crippen molar-refractivity contribution < 1.29 is 9.59 Å². The van der Waals surface area contributed by atoms with Crippen LogP contribution in [0.2, 0.25) is 0 Å². The molecule has 6 heteroatoms. The van der Waals surface area contributed by atoms with Crippen LogP contribution in [0.3, 0.4) is 0 Å². The number of hydrogen-bond donors (Lipinski definition) is 1. The SMILES string of the molecule is CC(=O)NN1C(C(=O)c2ccc3ccccc3c2)=NN(c2ccccc2)C1C. The van der Waals surface area contributed by atoms with Crippen molar-refractivity contribution >= 4 is 34.0 Å². The number of hydrogen-bond acceptors (Lipinski definition) is 5. The Kier molecular flexibility index (Phi) is 4.53. The highest BCUT2D eigenvalue weighted by atomic mass is 16.2. The third-order valence-corrected chi connectivity index (χ3v) is 4.67. The molecule has 0 aromatic heterocycles. The third kappa shape index (κ3) is 3.20. The fraction of sp³-hybridized carbons (Fsp3) is 0.136. The first-order chi connectivity index (χ1) is 13.5. The van der Waals surface area contributed by atoms with Gasteiger partial charge in [-0.3, -0.25) is 15.0 Å². The zero-order valence-corrected chi connectivity index (χ0v) is 15.7. The Balaban J connectivity index is 1.74. The molecule has 0 radical (unpaired) electrons. The minimum Gasteiger partial charge on any atom is -0.285 e. The standard InChI is InChI=1S/C22H20N4O2/c1-15(27)23-26-16(2)25(20-10-4-3-5-11-20)24-22(26)21(28)19-13-12-17-8-6-7-9-18(17)14-19/h3-14,16H,1-2H3,(H,23,27). The molecule has 0 aliphatic carbocycles. The number of rotatable bonds is 4. The van der Waals surface area contributed by atoms with Gasteiger partial charge in [0.05, 0.1) is 5.69 Å². The lowest BCUT2D eigenvalue weighted by Gasteiger charge is -2.28. The number of hydrazone groups is 1. The number of anilines is 1. The van der Waals surface area contributed by atoms with Gasteiger partial charge in [-0.1, -0.05) is 54.6 Å². The molecule has 1 heterocycles. The molecule has 140 valence electrons. The van der Waals surface area contributed by atoms with E-state index in [1.807, 2.05) is 73.7 Å². The number of amides is 1. The Morgan fingerprint density at radius 1 is 0.929 bits per heavy atom. The molecule has 3 aromatic carbocycles. The molecule has 28 heavy (non-hydrogen) atoms. The second-order valence-electron chi connectivity index (χ2n) is 6.66. The molecule has 1 N–H and O–H groups in total. The maximum atomic E-state index is 13.3. The number of nitrogens with zero attached hydrogens (tertiary/aromatic N) is 3. The maximum Gasteiger partial charge on any atom is 0.235 e. The summed E-state index contributed by atoms with van der Waals surface area (Å²) in [6, 6.07) is 23.0. The first-order valence-corrected chi connectivity index (χ1v) is 9.07. The maximum absolute atomic E-state index is 13.3. The number of hydrazine groups is 1. The highest BCUT2D eigenvalue weighted by Gasteiger charge is 2.36. The van der Waals surface area contributed by atoms with E-state index in [-0.39, 0.29) is 23.7 Å². The van der Waals surface area contributed by atoms with E-state index in [1.165, 1.54) is 11.9 Å². The van der Waals surface area contributed by atoms with Crippen LogP contribution in [-0.4, -0.2) is 28.7 Å². The summed E-state index contributed by atoms with van der Waals surface area (Å²) in [5, 5.41) is 9.83. The van der Waals surface area contributed by atoms with E-state index >= 15 is 0 Å². The Bertz CT molecular complexity index is 1080. The number of nitrogens with one attached hydrogen (secondary N) is 1. The summed E-state index contributed by atoms with van der Waals surface area (Å²) in [6.45, 7) is 3.29. The number of para-hydroxylation sites is 1. The first-order valence-electron chi connectivity index (χ1n) is 9.07. The molecule has 3 aromatic rings. The van der Waals surface area contributed by atoms with Crippen LogP contribution in [0, 0.1) is 0 Å². The summed E-state index contributed by atoms with van der Waals surface area (Å²) in [5.74, 6) is -0.326. The van der Waals surface area contributed by atoms with Gasteiger partial charge in [0.2, 0.25) is 17.5 Å². The minimum atomic E-state index is -0.342. The van der Waals surface area contributed by atoms with E-state index in [2.05, 4.69) is 10.5 Å². The summed E-state index contributed by atoms with van der Waals surface area (Å²) in [7, 11) is 0. The Hall–Kier alpha value is -3.67. The normalized spacial score (nSPS) is 16.2. The van der Waals surface area contributed by atoms with Crippen molar-refractivity contribution in [2.75, 3.05) is 5.01 Å². The van der Waals surface area contributed by atoms with Crippen LogP contribution in [0.5, 0.6) is 0 Å². The molecule has 1 atom stereocenters. The molecule has 1 aliphatic rings. The van der Waals surface area contributed by atoms with Gasteiger partial charge in [-0.15, -0.1) is 5.10 Å². The summed E-state index contributed by atoms with van der Waals surface area (Å²) < 4.78 is 0. The van der Waals surface area contributed by atoms with Gasteiger partial charge in [0.25, 0.3) is 0 Å². The lowest BCUT2D eigenvalue weighted by atomic mass is 10.0. The number of amidine groups is 1. The van der Waals surface area contributed by atoms with Crippen LogP contribution in [0.4, 0.5) is 5.69 Å². The first kappa shape index (κ1) is 17.7. The Morgan fingerprint density at radius 3 is 2.32 bits per heavy atom. The fourth-order valence-corrected chi connectivity index (χ4v) is 3.30. The number of Topliss-reactive ketones (excluding diaryl/α,β-unsaturated/α-hetero) is 1. The average molecular weight is 372 g/mol. The Labute approximate surface area is 163 Å². The Morgan fingerprint density at radius 2 is 1.61 bits per heavy atom. The van der Waals surface area contributed by atoms with Crippen molar-refractivity contribution in [3.8, 4) is 0 Å². The van der Waals surface area contributed by atoms with E-state index in [0.717, 1.165) is 16.5 Å². The molecule has 0 bridgehead atoms. The second kappa shape index (κ2) is 7.15. The van der Waals surface area contributed by atoms with E-state index < -0.39 is 0 Å². The minimum absolute atomic E-state index is 0.182. The zero-order chi connectivity index (χ0) is 19.7. The van der Waals surface area contributed by atoms with Gasteiger partial charge < -0.3 is 0 Å². The highest BCUT2D eigenvalue weighted by Crippen LogP contribution is 2.25. The van der Waals surface area contributed by atoms with Crippen molar-refractivity contribution in [1.82, 2.24) is 10.4 Å². The van der Waals surface area contributed by atoms with Gasteiger partial charge in [-0.25, -0.2) is 10.0 Å². The molecule has 6 nitrogen and oxygen atoms in total. The van der Waals surface area contributed by atoms with Crippen molar-refractivity contribution in [3.63, 3.8) is 0 Å². The van der Waals surface area contributed by atoms with Gasteiger partial charge >= 0.3 is 0 Å². The van der Waals surface area contributed by atoms with Gasteiger partial charge in [0.1, 0.15) is 6.17 Å². The van der Waals surface area contributed by atoms with E-state index in [0.29, 0.717) is 5.56 Å².